The molecule has 6 rings (SSSR count). The number of carbonyl (C=O) groups is 1. The molecule has 0 saturated carbocycles. The van der Waals surface area contributed by atoms with Gasteiger partial charge in [0.1, 0.15) is 0 Å². The summed E-state index contributed by atoms with van der Waals surface area (Å²) in [5.74, 6) is 1.46. The van der Waals surface area contributed by atoms with Crippen molar-refractivity contribution in [3.05, 3.63) is 54.6 Å². The number of ether oxygens (including phenoxy) is 1. The first-order valence-electron chi connectivity index (χ1n) is 11.0. The van der Waals surface area contributed by atoms with Crippen LogP contribution in [0.15, 0.2) is 48.9 Å². The van der Waals surface area contributed by atoms with Crippen LogP contribution in [-0.4, -0.2) is 69.9 Å². The third-order valence-electron chi connectivity index (χ3n) is 6.23. The predicted molar refractivity (Wildman–Crippen MR) is 124 cm³/mol. The summed E-state index contributed by atoms with van der Waals surface area (Å²) in [6.07, 6.45) is 5.44. The van der Waals surface area contributed by atoms with Crippen LogP contribution >= 0.6 is 0 Å². The van der Waals surface area contributed by atoms with Crippen LogP contribution in [0, 0.1) is 0 Å². The highest BCUT2D eigenvalue weighted by atomic mass is 16.5. The summed E-state index contributed by atoms with van der Waals surface area (Å²) in [4.78, 5) is 30.0. The van der Waals surface area contributed by atoms with Crippen molar-refractivity contribution in [3.8, 4) is 11.4 Å². The van der Waals surface area contributed by atoms with Crippen molar-refractivity contribution in [2.45, 2.75) is 12.6 Å². The number of H-pyrrole nitrogens is 2. The first kappa shape index (κ1) is 19.7. The highest BCUT2D eigenvalue weighted by molar-refractivity contribution is 5.94. The number of aromatic amines is 2. The third-order valence-corrected chi connectivity index (χ3v) is 6.23. The van der Waals surface area contributed by atoms with Crippen molar-refractivity contribution >= 4 is 28.3 Å². The van der Waals surface area contributed by atoms with Gasteiger partial charge in [-0.3, -0.25) is 9.89 Å². The van der Waals surface area contributed by atoms with Gasteiger partial charge in [0.15, 0.2) is 11.6 Å². The van der Waals surface area contributed by atoms with Crippen molar-refractivity contribution in [3.63, 3.8) is 0 Å². The van der Waals surface area contributed by atoms with E-state index < -0.39 is 0 Å². The number of aromatic nitrogens is 5. The van der Waals surface area contributed by atoms with Crippen LogP contribution in [0.2, 0.25) is 0 Å². The Balaban J connectivity index is 1.31. The van der Waals surface area contributed by atoms with Gasteiger partial charge in [-0.15, -0.1) is 0 Å². The van der Waals surface area contributed by atoms with E-state index in [0.717, 1.165) is 40.2 Å². The fraction of sp³-hybridized carbons (Fsp3) is 0.304. The Kier molecular flexibility index (Phi) is 4.91. The van der Waals surface area contributed by atoms with Gasteiger partial charge in [-0.25, -0.2) is 9.97 Å². The van der Waals surface area contributed by atoms with Crippen LogP contribution in [0.3, 0.4) is 0 Å². The molecule has 10 nitrogen and oxygen atoms in total. The van der Waals surface area contributed by atoms with Crippen molar-refractivity contribution in [1.82, 2.24) is 30.5 Å². The average molecular weight is 444 g/mol. The molecule has 3 aromatic heterocycles. The number of anilines is 2. The number of nitrogens with zero attached hydrogens (tertiary/aromatic N) is 5. The quantitative estimate of drug-likeness (QED) is 0.429. The smallest absolute Gasteiger partial charge is 0.239 e. The molecule has 1 atom stereocenters. The largest absolute Gasteiger partial charge is 0.377 e. The van der Waals surface area contributed by atoms with Crippen LogP contribution in [0.4, 0.5) is 11.5 Å². The van der Waals surface area contributed by atoms with Crippen LogP contribution in [0.5, 0.6) is 0 Å². The molecule has 168 valence electrons. The Morgan fingerprint density at radius 2 is 2.24 bits per heavy atom. The second-order valence-electron chi connectivity index (χ2n) is 8.31. The van der Waals surface area contributed by atoms with Crippen LogP contribution in [-0.2, 0) is 16.1 Å². The van der Waals surface area contributed by atoms with Gasteiger partial charge >= 0.3 is 0 Å². The number of benzene rings is 1. The number of rotatable bonds is 5. The van der Waals surface area contributed by atoms with E-state index in [0.29, 0.717) is 32.1 Å². The van der Waals surface area contributed by atoms with Gasteiger partial charge < -0.3 is 24.8 Å². The number of hydrogen-bond donors (Lipinski definition) is 3. The topological polar surface area (TPSA) is 115 Å². The number of amides is 1. The molecule has 33 heavy (non-hydrogen) atoms. The molecule has 5 heterocycles. The molecular weight excluding hydrogens is 420 g/mol. The first-order valence-corrected chi connectivity index (χ1v) is 11.0. The number of morpholine rings is 1. The highest BCUT2D eigenvalue weighted by Crippen LogP contribution is 2.36. The molecule has 0 radical (unpaired) electrons. The molecule has 1 amide bonds. The first-order chi connectivity index (χ1) is 16.3. The number of hydrogen-bond acceptors (Lipinski definition) is 7. The number of carbonyl (C=O) groups excluding carboxylic acids is 1. The number of nitrogens with one attached hydrogen (secondary N) is 3. The van der Waals surface area contributed by atoms with Crippen molar-refractivity contribution < 1.29 is 9.53 Å². The minimum absolute atomic E-state index is 0.0677. The van der Waals surface area contributed by atoms with Crippen LogP contribution < -0.4 is 15.1 Å². The Morgan fingerprint density at radius 3 is 3.15 bits per heavy atom. The molecular formula is C23H24N8O2. The normalized spacial score (nSPS) is 17.6. The molecule has 0 spiro atoms. The SMILES string of the molecule is O=C(CN1C[C@@H]2COCCN2c2nc(-c3cccc4[nH]ccc34)ncc21)NCc1ccn[nH]1. The summed E-state index contributed by atoms with van der Waals surface area (Å²) in [5, 5.41) is 10.8. The molecule has 10 heteroatoms. The monoisotopic (exact) mass is 444 g/mol. The van der Waals surface area contributed by atoms with Gasteiger partial charge in [0.2, 0.25) is 5.91 Å². The number of fused-ring (bicyclic) bond motifs is 4. The van der Waals surface area contributed by atoms with Gasteiger partial charge in [0.05, 0.1) is 49.9 Å². The maximum Gasteiger partial charge on any atom is 0.239 e. The summed E-state index contributed by atoms with van der Waals surface area (Å²) in [7, 11) is 0. The summed E-state index contributed by atoms with van der Waals surface area (Å²) in [6, 6.07) is 10.1. The zero-order valence-corrected chi connectivity index (χ0v) is 18.0. The lowest BCUT2D eigenvalue weighted by molar-refractivity contribution is -0.120. The molecule has 0 bridgehead atoms. The van der Waals surface area contributed by atoms with Gasteiger partial charge in [-0.2, -0.15) is 5.10 Å². The van der Waals surface area contributed by atoms with E-state index in [4.69, 9.17) is 14.7 Å². The van der Waals surface area contributed by atoms with Crippen molar-refractivity contribution in [2.75, 3.05) is 42.6 Å². The Morgan fingerprint density at radius 1 is 1.27 bits per heavy atom. The molecule has 1 saturated heterocycles. The van der Waals surface area contributed by atoms with E-state index in [-0.39, 0.29) is 18.5 Å². The van der Waals surface area contributed by atoms with Crippen molar-refractivity contribution in [2.24, 2.45) is 0 Å². The Bertz CT molecular complexity index is 1280. The molecule has 2 aliphatic rings. The molecule has 0 unspecified atom stereocenters. The second kappa shape index (κ2) is 8.21. The van der Waals surface area contributed by atoms with E-state index in [9.17, 15) is 4.79 Å². The zero-order chi connectivity index (χ0) is 22.2. The second-order valence-corrected chi connectivity index (χ2v) is 8.31. The standard InChI is InChI=1S/C23H24N8O2/c32-21(25-10-15-4-7-27-29-15)13-30-12-16-14-33-9-8-31(16)23-20(30)11-26-22(28-23)18-2-1-3-19-17(18)5-6-24-19/h1-7,11,16,24H,8-10,12-14H2,(H,25,32)(H,27,29)/t16-/m1/s1. The average Bonchev–Trinajstić information content (AvgIpc) is 3.54. The molecule has 2 aliphatic heterocycles. The fourth-order valence-electron chi connectivity index (χ4n) is 4.60. The highest BCUT2D eigenvalue weighted by Gasteiger charge is 2.35. The van der Waals surface area contributed by atoms with E-state index >= 15 is 0 Å². The van der Waals surface area contributed by atoms with Gasteiger partial charge in [0.25, 0.3) is 0 Å². The van der Waals surface area contributed by atoms with Crippen molar-refractivity contribution in [1.29, 1.82) is 0 Å². The Hall–Kier alpha value is -3.92. The minimum Gasteiger partial charge on any atom is -0.377 e. The van der Waals surface area contributed by atoms with E-state index in [1.807, 2.05) is 47.6 Å². The van der Waals surface area contributed by atoms with Gasteiger partial charge in [-0.05, 0) is 18.2 Å². The third kappa shape index (κ3) is 3.68. The molecule has 3 N–H and O–H groups in total. The lowest BCUT2D eigenvalue weighted by atomic mass is 10.1. The van der Waals surface area contributed by atoms with Crippen LogP contribution in [0.1, 0.15) is 5.69 Å². The summed E-state index contributed by atoms with van der Waals surface area (Å²) < 4.78 is 5.74. The summed E-state index contributed by atoms with van der Waals surface area (Å²) in [5.41, 5.74) is 3.76. The molecule has 4 aromatic rings. The lowest BCUT2D eigenvalue weighted by Crippen LogP contribution is -2.56. The summed E-state index contributed by atoms with van der Waals surface area (Å²) in [6.45, 7) is 3.35. The lowest BCUT2D eigenvalue weighted by Gasteiger charge is -2.45. The minimum atomic E-state index is -0.0677. The maximum atomic E-state index is 12.7. The molecule has 0 aliphatic carbocycles. The maximum absolute atomic E-state index is 12.7. The summed E-state index contributed by atoms with van der Waals surface area (Å²) >= 11 is 0. The van der Waals surface area contributed by atoms with Gasteiger partial charge in [-0.1, -0.05) is 12.1 Å². The fourth-order valence-corrected chi connectivity index (χ4v) is 4.60. The van der Waals surface area contributed by atoms with E-state index in [1.54, 1.807) is 6.20 Å². The van der Waals surface area contributed by atoms with E-state index in [1.165, 1.54) is 0 Å². The molecule has 1 fully saturated rings. The van der Waals surface area contributed by atoms with E-state index in [2.05, 4.69) is 25.4 Å². The molecule has 1 aromatic carbocycles. The van der Waals surface area contributed by atoms with Gasteiger partial charge in [0, 0.05) is 41.9 Å². The Labute approximate surface area is 190 Å². The predicted octanol–water partition coefficient (Wildman–Crippen LogP) is 1.69. The van der Waals surface area contributed by atoms with Crippen LogP contribution in [0.25, 0.3) is 22.3 Å². The zero-order valence-electron chi connectivity index (χ0n) is 18.0.